The summed E-state index contributed by atoms with van der Waals surface area (Å²) in [5, 5.41) is 18.4. The normalized spacial score (nSPS) is 9.81. The largest absolute Gasteiger partial charge is 0.459 e. The molecule has 0 saturated carbocycles. The van der Waals surface area contributed by atoms with Crippen LogP contribution in [-0.2, 0) is 0 Å². The molecule has 0 aliphatic carbocycles. The zero-order valence-electron chi connectivity index (χ0n) is 21.7. The maximum atomic E-state index is 9.25. The Hall–Kier alpha value is -6.81. The van der Waals surface area contributed by atoms with E-state index in [9.17, 15) is 5.26 Å². The Morgan fingerprint density at radius 2 is 0.976 bits per heavy atom. The average molecular weight is 548 g/mol. The maximum Gasteiger partial charge on any atom is 0.222 e. The molecule has 0 radical (unpaired) electrons. The van der Waals surface area contributed by atoms with E-state index in [0.717, 1.165) is 0 Å². The van der Waals surface area contributed by atoms with Crippen molar-refractivity contribution in [2.24, 2.45) is 0 Å². The first-order valence-corrected chi connectivity index (χ1v) is 12.3. The summed E-state index contributed by atoms with van der Waals surface area (Å²) >= 11 is 0. The van der Waals surface area contributed by atoms with Crippen molar-refractivity contribution in [2.75, 3.05) is 0 Å². The van der Waals surface area contributed by atoms with Crippen molar-refractivity contribution in [1.29, 1.82) is 10.5 Å². The first-order valence-electron chi connectivity index (χ1n) is 12.3. The van der Waals surface area contributed by atoms with Crippen LogP contribution in [-0.4, -0.2) is 4.98 Å². The van der Waals surface area contributed by atoms with Gasteiger partial charge in [-0.3, -0.25) is 4.85 Å². The molecule has 0 fully saturated rings. The summed E-state index contributed by atoms with van der Waals surface area (Å²) in [5.41, 5.74) is 0.986. The second-order valence-electron chi connectivity index (χ2n) is 8.48. The molecule has 0 bridgehead atoms. The first kappa shape index (κ1) is 26.8. The standard InChI is InChI=1S/C33H17N5O4/c1-36-30-15-14-29(19-31(30)37-2)40-25-7-4-9-27(18-25)42-33-11-5-10-32(38-33)41-26-8-3-6-24(17-26)39-28-13-12-22(20-34)23(16-28)21-35/h3-19H. The first-order chi connectivity index (χ1) is 20.6. The number of hydrogen-bond donors (Lipinski definition) is 0. The minimum atomic E-state index is 0.218. The molecule has 0 unspecified atom stereocenters. The number of aromatic nitrogens is 1. The highest BCUT2D eigenvalue weighted by molar-refractivity contribution is 5.72. The number of benzene rings is 4. The summed E-state index contributed by atoms with van der Waals surface area (Å²) in [5.74, 6) is 3.29. The predicted octanol–water partition coefficient (Wildman–Crippen LogP) is 9.10. The lowest BCUT2D eigenvalue weighted by Gasteiger charge is -2.11. The third kappa shape index (κ3) is 6.42. The molecule has 198 valence electrons. The molecule has 0 amide bonds. The second-order valence-corrected chi connectivity index (χ2v) is 8.48. The minimum absolute atomic E-state index is 0.218. The van der Waals surface area contributed by atoms with E-state index >= 15 is 0 Å². The number of rotatable bonds is 8. The Labute approximate surface area is 241 Å². The molecule has 42 heavy (non-hydrogen) atoms. The van der Waals surface area contributed by atoms with E-state index in [0.29, 0.717) is 34.5 Å². The maximum absolute atomic E-state index is 9.25. The molecule has 1 aromatic heterocycles. The molecular weight excluding hydrogens is 530 g/mol. The summed E-state index contributed by atoms with van der Waals surface area (Å²) < 4.78 is 23.6. The highest BCUT2D eigenvalue weighted by atomic mass is 16.5. The zero-order chi connectivity index (χ0) is 29.3. The van der Waals surface area contributed by atoms with E-state index in [1.54, 1.807) is 84.9 Å². The van der Waals surface area contributed by atoms with Gasteiger partial charge in [-0.25, -0.2) is 4.85 Å². The van der Waals surface area contributed by atoms with Crippen molar-refractivity contribution in [1.82, 2.24) is 4.98 Å². The fourth-order valence-electron chi connectivity index (χ4n) is 3.75. The molecule has 0 N–H and O–H groups in total. The third-order valence-electron chi connectivity index (χ3n) is 5.64. The van der Waals surface area contributed by atoms with Crippen LogP contribution in [0.1, 0.15) is 11.1 Å². The highest BCUT2D eigenvalue weighted by Crippen LogP contribution is 2.35. The van der Waals surface area contributed by atoms with Crippen molar-refractivity contribution >= 4 is 11.4 Å². The Balaban J connectivity index is 1.27. The number of nitrogens with zero attached hydrogens (tertiary/aromatic N) is 5. The molecule has 0 aliphatic rings. The summed E-state index contributed by atoms with van der Waals surface area (Å²) in [6.45, 7) is 14.4. The quantitative estimate of drug-likeness (QED) is 0.178. The van der Waals surface area contributed by atoms with Gasteiger partial charge in [0.25, 0.3) is 0 Å². The van der Waals surface area contributed by atoms with Gasteiger partial charge in [0.2, 0.25) is 11.8 Å². The molecule has 0 saturated heterocycles. The molecule has 9 heteroatoms. The van der Waals surface area contributed by atoms with Crippen molar-refractivity contribution < 1.29 is 18.9 Å². The van der Waals surface area contributed by atoms with Gasteiger partial charge in [-0.1, -0.05) is 24.3 Å². The van der Waals surface area contributed by atoms with Crippen molar-refractivity contribution in [3.05, 3.63) is 137 Å². The van der Waals surface area contributed by atoms with Gasteiger partial charge in [0.15, 0.2) is 11.4 Å². The molecule has 5 aromatic rings. The van der Waals surface area contributed by atoms with Crippen LogP contribution in [0.5, 0.6) is 46.3 Å². The number of nitriles is 2. The monoisotopic (exact) mass is 547 g/mol. The van der Waals surface area contributed by atoms with E-state index in [4.69, 9.17) is 37.4 Å². The van der Waals surface area contributed by atoms with Crippen LogP contribution in [0.2, 0.25) is 0 Å². The van der Waals surface area contributed by atoms with Gasteiger partial charge < -0.3 is 18.9 Å². The van der Waals surface area contributed by atoms with Gasteiger partial charge in [0.1, 0.15) is 46.6 Å². The smallest absolute Gasteiger partial charge is 0.222 e. The van der Waals surface area contributed by atoms with Crippen LogP contribution in [0, 0.1) is 35.8 Å². The van der Waals surface area contributed by atoms with E-state index in [-0.39, 0.29) is 34.3 Å². The number of hydrogen-bond acceptors (Lipinski definition) is 7. The van der Waals surface area contributed by atoms with Gasteiger partial charge in [-0.05, 0) is 54.6 Å². The van der Waals surface area contributed by atoms with E-state index < -0.39 is 0 Å². The molecule has 0 atom stereocenters. The average Bonchev–Trinajstić information content (AvgIpc) is 3.01. The second kappa shape index (κ2) is 12.4. The SMILES string of the molecule is [C-]#[N+]c1ccc(Oc2cccc(Oc3cccc(Oc4cccc(Oc5ccc(C#N)c(C#N)c5)c4)n3)c2)cc1[N+]#[C-]. The summed E-state index contributed by atoms with van der Waals surface area (Å²) in [7, 11) is 0. The topological polar surface area (TPSA) is 106 Å². The van der Waals surface area contributed by atoms with E-state index in [1.807, 2.05) is 12.1 Å². The fraction of sp³-hybridized carbons (Fsp3) is 0. The van der Waals surface area contributed by atoms with Crippen LogP contribution in [0.25, 0.3) is 9.69 Å². The van der Waals surface area contributed by atoms with Gasteiger partial charge in [0, 0.05) is 24.3 Å². The van der Waals surface area contributed by atoms with Crippen LogP contribution in [0.15, 0.2) is 103 Å². The lowest BCUT2D eigenvalue weighted by Crippen LogP contribution is -1.93. The number of ether oxygens (including phenoxy) is 4. The molecule has 9 nitrogen and oxygen atoms in total. The van der Waals surface area contributed by atoms with Crippen LogP contribution in [0.4, 0.5) is 11.4 Å². The molecule has 0 spiro atoms. The highest BCUT2D eigenvalue weighted by Gasteiger charge is 2.09. The van der Waals surface area contributed by atoms with Crippen molar-refractivity contribution in [2.45, 2.75) is 0 Å². The summed E-state index contributed by atoms with van der Waals surface area (Å²) in [6.07, 6.45) is 0. The lowest BCUT2D eigenvalue weighted by molar-refractivity contribution is 0.420. The molecule has 5 rings (SSSR count). The minimum Gasteiger partial charge on any atom is -0.459 e. The molecule has 0 aliphatic heterocycles. The Morgan fingerprint density at radius 3 is 1.52 bits per heavy atom. The van der Waals surface area contributed by atoms with Gasteiger partial charge in [-0.15, -0.1) is 0 Å². The van der Waals surface area contributed by atoms with Gasteiger partial charge in [-0.2, -0.15) is 15.5 Å². The Kier molecular flexibility index (Phi) is 7.89. The zero-order valence-corrected chi connectivity index (χ0v) is 21.7. The molecule has 1 heterocycles. The third-order valence-corrected chi connectivity index (χ3v) is 5.64. The predicted molar refractivity (Wildman–Crippen MR) is 152 cm³/mol. The summed E-state index contributed by atoms with van der Waals surface area (Å²) in [4.78, 5) is 11.1. The van der Waals surface area contributed by atoms with Crippen LogP contribution in [0.3, 0.4) is 0 Å². The fourth-order valence-corrected chi connectivity index (χ4v) is 3.75. The van der Waals surface area contributed by atoms with Crippen molar-refractivity contribution in [3.63, 3.8) is 0 Å². The molecule has 4 aromatic carbocycles. The Morgan fingerprint density at radius 1 is 0.500 bits per heavy atom. The van der Waals surface area contributed by atoms with Gasteiger partial charge >= 0.3 is 0 Å². The number of pyridine rings is 1. The van der Waals surface area contributed by atoms with E-state index in [1.165, 1.54) is 18.2 Å². The van der Waals surface area contributed by atoms with Crippen molar-refractivity contribution in [3.8, 4) is 58.4 Å². The van der Waals surface area contributed by atoms with Gasteiger partial charge in [0.05, 0.1) is 24.3 Å². The molecular formula is C33H17N5O4. The Bertz CT molecular complexity index is 1820. The van der Waals surface area contributed by atoms with Crippen LogP contribution < -0.4 is 18.9 Å². The summed E-state index contributed by atoms with van der Waals surface area (Å²) in [6, 6.07) is 32.2. The lowest BCUT2D eigenvalue weighted by atomic mass is 10.1. The van der Waals surface area contributed by atoms with Crippen LogP contribution >= 0.6 is 0 Å². The van der Waals surface area contributed by atoms with E-state index in [2.05, 4.69) is 14.7 Å².